The second-order valence-corrected chi connectivity index (χ2v) is 9.80. The monoisotopic (exact) mass is 498 g/mol. The van der Waals surface area contributed by atoms with Gasteiger partial charge in [0, 0.05) is 40.9 Å². The number of hydrogen-bond donors (Lipinski definition) is 3. The molecule has 2 aromatic heterocycles. The van der Waals surface area contributed by atoms with E-state index >= 15 is 0 Å². The van der Waals surface area contributed by atoms with E-state index < -0.39 is 23.5 Å². The minimum absolute atomic E-state index is 0.137. The summed E-state index contributed by atoms with van der Waals surface area (Å²) in [7, 11) is 0. The average molecular weight is 499 g/mol. The van der Waals surface area contributed by atoms with Gasteiger partial charge in [0.15, 0.2) is 5.82 Å². The Balaban J connectivity index is 1.44. The van der Waals surface area contributed by atoms with Crippen molar-refractivity contribution in [3.8, 4) is 23.2 Å². The van der Waals surface area contributed by atoms with Crippen LogP contribution in [0.3, 0.4) is 0 Å². The first-order chi connectivity index (χ1) is 18.0. The summed E-state index contributed by atoms with van der Waals surface area (Å²) in [4.78, 5) is 24.3. The third-order valence-electron chi connectivity index (χ3n) is 7.60. The van der Waals surface area contributed by atoms with Crippen LogP contribution in [0.5, 0.6) is 0 Å². The maximum absolute atomic E-state index is 14.4. The molecule has 3 fully saturated rings. The van der Waals surface area contributed by atoms with Crippen LogP contribution in [-0.2, 0) is 4.79 Å². The molecule has 8 heteroatoms. The van der Waals surface area contributed by atoms with Crippen molar-refractivity contribution < 1.29 is 18.7 Å². The van der Waals surface area contributed by atoms with Gasteiger partial charge in [-0.05, 0) is 61.6 Å². The fourth-order valence-electron chi connectivity index (χ4n) is 5.89. The predicted octanol–water partition coefficient (Wildman–Crippen LogP) is 5.60. The highest BCUT2D eigenvalue weighted by Gasteiger charge is 2.47. The number of fused-ring (bicyclic) bond motifs is 4. The number of hydrogen-bond acceptors (Lipinski definition) is 4. The van der Waals surface area contributed by atoms with Crippen molar-refractivity contribution in [3.05, 3.63) is 77.6 Å². The molecule has 0 radical (unpaired) electrons. The fraction of sp³-hybridized carbons (Fsp3) is 0.276. The number of carboxylic acids is 1. The molecular weight excluding hydrogens is 474 g/mol. The molecule has 2 aromatic carbocycles. The van der Waals surface area contributed by atoms with Crippen LogP contribution >= 0.6 is 0 Å². The minimum Gasteiger partial charge on any atom is -0.481 e. The van der Waals surface area contributed by atoms with Gasteiger partial charge in [-0.3, -0.25) is 4.79 Å². The van der Waals surface area contributed by atoms with E-state index in [1.165, 1.54) is 6.07 Å². The second kappa shape index (κ2) is 9.32. The van der Waals surface area contributed by atoms with Crippen LogP contribution in [0.15, 0.2) is 54.7 Å². The highest BCUT2D eigenvalue weighted by Crippen LogP contribution is 2.46. The van der Waals surface area contributed by atoms with Crippen LogP contribution in [0.2, 0.25) is 0 Å². The summed E-state index contributed by atoms with van der Waals surface area (Å²) in [6, 6.07) is 13.0. The van der Waals surface area contributed by atoms with Crippen LogP contribution in [0, 0.1) is 41.2 Å². The third-order valence-corrected chi connectivity index (χ3v) is 7.60. The number of benzene rings is 2. The number of aromatic amines is 1. The van der Waals surface area contributed by atoms with Crippen molar-refractivity contribution in [2.75, 3.05) is 5.32 Å². The molecule has 3 saturated carbocycles. The standard InChI is InChI=1S/C29H24F2N4O2/c30-19-12-21-22(15-32-27(21)23(31)13-19)28-33-20(11-6-16-4-2-1-3-5-16)14-24(35-28)34-26-18-9-7-17(8-10-18)25(26)29(36)37/h1-5,12-15,17-18,25-26,32H,7-10H2,(H,36,37)(H,33,34,35)/t17?,18?,25-,26-/m0/s1. The molecule has 3 N–H and O–H groups in total. The summed E-state index contributed by atoms with van der Waals surface area (Å²) in [6.07, 6.45) is 5.35. The quantitative estimate of drug-likeness (QED) is 0.319. The van der Waals surface area contributed by atoms with Gasteiger partial charge in [0.1, 0.15) is 23.1 Å². The predicted molar refractivity (Wildman–Crippen MR) is 136 cm³/mol. The minimum atomic E-state index is -0.798. The molecule has 2 atom stereocenters. The number of aromatic nitrogens is 3. The number of H-pyrrole nitrogens is 1. The lowest BCUT2D eigenvalue weighted by Gasteiger charge is -2.47. The Labute approximate surface area is 212 Å². The molecule has 3 aliphatic rings. The van der Waals surface area contributed by atoms with Crippen LogP contribution in [-0.4, -0.2) is 32.1 Å². The van der Waals surface area contributed by atoms with Crippen LogP contribution in [0.4, 0.5) is 14.6 Å². The Hall–Kier alpha value is -4.25. The molecule has 6 nitrogen and oxygen atoms in total. The first kappa shape index (κ1) is 23.2. The van der Waals surface area contributed by atoms with Gasteiger partial charge in [0.2, 0.25) is 0 Å². The molecule has 186 valence electrons. The first-order valence-corrected chi connectivity index (χ1v) is 12.4. The molecule has 2 heterocycles. The van der Waals surface area contributed by atoms with Gasteiger partial charge in [-0.1, -0.05) is 24.1 Å². The Kier molecular flexibility index (Phi) is 5.84. The lowest BCUT2D eigenvalue weighted by Crippen LogP contribution is -2.51. The zero-order valence-corrected chi connectivity index (χ0v) is 19.8. The lowest BCUT2D eigenvalue weighted by molar-refractivity contribution is -0.148. The van der Waals surface area contributed by atoms with E-state index in [-0.39, 0.29) is 29.2 Å². The van der Waals surface area contributed by atoms with Gasteiger partial charge in [-0.25, -0.2) is 18.7 Å². The first-order valence-electron chi connectivity index (χ1n) is 12.4. The third kappa shape index (κ3) is 4.42. The Morgan fingerprint density at radius 3 is 2.51 bits per heavy atom. The fourth-order valence-corrected chi connectivity index (χ4v) is 5.89. The molecule has 0 unspecified atom stereocenters. The highest BCUT2D eigenvalue weighted by atomic mass is 19.1. The van der Waals surface area contributed by atoms with E-state index in [0.29, 0.717) is 22.5 Å². The van der Waals surface area contributed by atoms with Crippen molar-refractivity contribution in [1.82, 2.24) is 15.0 Å². The molecule has 3 aliphatic carbocycles. The molecule has 37 heavy (non-hydrogen) atoms. The highest BCUT2D eigenvalue weighted by molar-refractivity contribution is 5.94. The van der Waals surface area contributed by atoms with E-state index in [1.807, 2.05) is 30.3 Å². The normalized spacial score (nSPS) is 22.4. The summed E-state index contributed by atoms with van der Waals surface area (Å²) >= 11 is 0. The number of nitrogens with one attached hydrogen (secondary N) is 2. The molecule has 0 amide bonds. The molecule has 0 saturated heterocycles. The number of nitrogens with zero attached hydrogens (tertiary/aromatic N) is 2. The lowest BCUT2D eigenvalue weighted by atomic mass is 9.61. The largest absolute Gasteiger partial charge is 0.481 e. The maximum Gasteiger partial charge on any atom is 0.308 e. The Morgan fingerprint density at radius 1 is 1.00 bits per heavy atom. The molecular formula is C29H24F2N4O2. The Bertz CT molecular complexity index is 1550. The smallest absolute Gasteiger partial charge is 0.308 e. The molecule has 0 aliphatic heterocycles. The topological polar surface area (TPSA) is 90.9 Å². The van der Waals surface area contributed by atoms with Gasteiger partial charge in [0.25, 0.3) is 0 Å². The van der Waals surface area contributed by atoms with Gasteiger partial charge in [-0.2, -0.15) is 0 Å². The van der Waals surface area contributed by atoms with Gasteiger partial charge >= 0.3 is 5.97 Å². The van der Waals surface area contributed by atoms with E-state index in [0.717, 1.165) is 37.3 Å². The zero-order chi connectivity index (χ0) is 25.5. The number of rotatable bonds is 4. The van der Waals surface area contributed by atoms with Crippen molar-refractivity contribution in [2.45, 2.75) is 31.7 Å². The van der Waals surface area contributed by atoms with Crippen molar-refractivity contribution in [3.63, 3.8) is 0 Å². The van der Waals surface area contributed by atoms with Crippen LogP contribution in [0.25, 0.3) is 22.3 Å². The van der Waals surface area contributed by atoms with E-state index in [9.17, 15) is 18.7 Å². The average Bonchev–Trinajstić information content (AvgIpc) is 3.33. The number of carbonyl (C=O) groups is 1. The number of halogens is 2. The maximum atomic E-state index is 14.4. The SMILES string of the molecule is O=C(O)[C@H]1C2CCC(CC2)[C@@H]1Nc1cc(C#Cc2ccccc2)nc(-c2c[nH]c3c(F)cc(F)cc23)n1. The number of anilines is 1. The molecule has 2 bridgehead atoms. The summed E-state index contributed by atoms with van der Waals surface area (Å²) in [5, 5.41) is 13.7. The van der Waals surface area contributed by atoms with Crippen LogP contribution < -0.4 is 5.32 Å². The molecule has 4 aromatic rings. The van der Waals surface area contributed by atoms with Crippen molar-refractivity contribution in [1.29, 1.82) is 0 Å². The van der Waals surface area contributed by atoms with Crippen molar-refractivity contribution >= 4 is 22.7 Å². The van der Waals surface area contributed by atoms with Gasteiger partial charge in [0.05, 0.1) is 11.4 Å². The number of carboxylic acid groups (broad SMARTS) is 1. The molecule has 7 rings (SSSR count). The van der Waals surface area contributed by atoms with Crippen LogP contribution in [0.1, 0.15) is 36.9 Å². The van der Waals surface area contributed by atoms with Gasteiger partial charge in [-0.15, -0.1) is 0 Å². The van der Waals surface area contributed by atoms with Crippen molar-refractivity contribution in [2.24, 2.45) is 17.8 Å². The van der Waals surface area contributed by atoms with E-state index in [4.69, 9.17) is 0 Å². The second-order valence-electron chi connectivity index (χ2n) is 9.80. The molecule has 0 spiro atoms. The number of aliphatic carboxylic acids is 1. The van der Waals surface area contributed by atoms with E-state index in [1.54, 1.807) is 12.3 Å². The summed E-state index contributed by atoms with van der Waals surface area (Å²) in [5.74, 6) is 4.50. The zero-order valence-electron chi connectivity index (χ0n) is 19.8. The Morgan fingerprint density at radius 2 is 1.76 bits per heavy atom. The van der Waals surface area contributed by atoms with Gasteiger partial charge < -0.3 is 15.4 Å². The summed E-state index contributed by atoms with van der Waals surface area (Å²) in [5.41, 5.74) is 1.81. The van der Waals surface area contributed by atoms with E-state index in [2.05, 4.69) is 32.1 Å². The summed E-state index contributed by atoms with van der Waals surface area (Å²) in [6.45, 7) is 0. The summed E-state index contributed by atoms with van der Waals surface area (Å²) < 4.78 is 28.4.